The summed E-state index contributed by atoms with van der Waals surface area (Å²) < 4.78 is 14.6. The van der Waals surface area contributed by atoms with E-state index >= 15 is 0 Å². The predicted molar refractivity (Wildman–Crippen MR) is 127 cm³/mol. The molecule has 0 saturated heterocycles. The van der Waals surface area contributed by atoms with Gasteiger partial charge in [0, 0.05) is 23.8 Å². The van der Waals surface area contributed by atoms with Crippen molar-refractivity contribution in [3.63, 3.8) is 0 Å². The van der Waals surface area contributed by atoms with Crippen LogP contribution in [0.3, 0.4) is 0 Å². The first-order chi connectivity index (χ1) is 16.3. The first kappa shape index (κ1) is 24.3. The average Bonchev–Trinajstić information content (AvgIpc) is 3.11. The molecule has 0 aliphatic heterocycles. The molecule has 3 amide bonds. The van der Waals surface area contributed by atoms with E-state index in [1.165, 1.54) is 28.9 Å². The number of carbonyl (C=O) groups excluding carboxylic acids is 2. The summed E-state index contributed by atoms with van der Waals surface area (Å²) in [7, 11) is 0. The number of aromatic nitrogens is 2. The number of nitrogen functional groups attached to an aromatic ring is 1. The van der Waals surface area contributed by atoms with E-state index in [9.17, 15) is 19.2 Å². The molecule has 0 spiro atoms. The lowest BCUT2D eigenvalue weighted by Crippen LogP contribution is -2.34. The number of nitriles is 1. The number of nitrogens with zero attached hydrogens (tertiary/aromatic N) is 3. The lowest BCUT2D eigenvalue weighted by Gasteiger charge is -2.11. The summed E-state index contributed by atoms with van der Waals surface area (Å²) >= 11 is 0. The molecular weight excluding hydrogens is 437 g/mol. The second kappa shape index (κ2) is 11.0. The van der Waals surface area contributed by atoms with Gasteiger partial charge < -0.3 is 21.7 Å². The minimum Gasteiger partial charge on any atom is -0.382 e. The van der Waals surface area contributed by atoms with Gasteiger partial charge in [-0.05, 0) is 69.2 Å². The molecule has 10 heteroatoms. The third-order valence-corrected chi connectivity index (χ3v) is 4.85. The molecule has 5 N–H and O–H groups in total. The van der Waals surface area contributed by atoms with Gasteiger partial charge in [0.25, 0.3) is 5.91 Å². The maximum absolute atomic E-state index is 13.2. The van der Waals surface area contributed by atoms with E-state index in [2.05, 4.69) is 27.1 Å². The van der Waals surface area contributed by atoms with Gasteiger partial charge in [0.15, 0.2) is 0 Å². The Hall–Kier alpha value is -4.39. The van der Waals surface area contributed by atoms with Gasteiger partial charge in [0.1, 0.15) is 23.3 Å². The van der Waals surface area contributed by atoms with Crippen LogP contribution in [0.1, 0.15) is 41.9 Å². The zero-order valence-electron chi connectivity index (χ0n) is 18.9. The zero-order valence-corrected chi connectivity index (χ0v) is 18.9. The Morgan fingerprint density at radius 1 is 1.21 bits per heavy atom. The molecule has 0 saturated carbocycles. The van der Waals surface area contributed by atoms with Gasteiger partial charge in [-0.3, -0.25) is 4.79 Å². The molecule has 9 nitrogen and oxygen atoms in total. The summed E-state index contributed by atoms with van der Waals surface area (Å²) in [4.78, 5) is 24.4. The van der Waals surface area contributed by atoms with Crippen LogP contribution in [-0.2, 0) is 6.42 Å². The molecule has 3 aromatic rings. The molecule has 34 heavy (non-hydrogen) atoms. The van der Waals surface area contributed by atoms with E-state index in [1.807, 2.05) is 13.8 Å². The number of hydrogen-bond acceptors (Lipinski definition) is 5. The Labute approximate surface area is 196 Å². The highest BCUT2D eigenvalue weighted by molar-refractivity contribution is 5.96. The number of halogens is 1. The van der Waals surface area contributed by atoms with Crippen molar-refractivity contribution < 1.29 is 14.0 Å². The standard InChI is InChI=1S/C24H26FN7O2/c1-15(2)29-24(34)30-18-6-3-5-16(13-18)23(33)28-12-4-7-21-20(14-26)22(27)32(31-21)19-10-8-17(25)9-11-19/h3,5-6,8-11,13,15H,4,7,12,27H2,1-2H3,(H,28,33)(H2,29,30,34). The maximum atomic E-state index is 13.2. The average molecular weight is 464 g/mol. The first-order valence-electron chi connectivity index (χ1n) is 10.8. The number of amides is 3. The second-order valence-electron chi connectivity index (χ2n) is 7.90. The Balaban J connectivity index is 1.57. The van der Waals surface area contributed by atoms with E-state index < -0.39 is 0 Å². The summed E-state index contributed by atoms with van der Waals surface area (Å²) in [5.41, 5.74) is 8.29. The molecule has 0 atom stereocenters. The highest BCUT2D eigenvalue weighted by atomic mass is 19.1. The molecule has 0 fully saturated rings. The van der Waals surface area contributed by atoms with Gasteiger partial charge in [-0.15, -0.1) is 0 Å². The van der Waals surface area contributed by atoms with E-state index in [-0.39, 0.29) is 35.2 Å². The van der Waals surface area contributed by atoms with Gasteiger partial charge in [-0.2, -0.15) is 10.4 Å². The summed E-state index contributed by atoms with van der Waals surface area (Å²) in [6.45, 7) is 4.05. The van der Waals surface area contributed by atoms with Crippen LogP contribution in [0.4, 0.5) is 20.7 Å². The fourth-order valence-electron chi connectivity index (χ4n) is 3.28. The number of aryl methyl sites for hydroxylation is 1. The number of benzene rings is 2. The summed E-state index contributed by atoms with van der Waals surface area (Å²) in [6.07, 6.45) is 0.938. The molecule has 3 rings (SSSR count). The van der Waals surface area contributed by atoms with E-state index in [0.717, 1.165) is 0 Å². The van der Waals surface area contributed by atoms with Crippen LogP contribution in [-0.4, -0.2) is 34.3 Å². The van der Waals surface area contributed by atoms with Crippen LogP contribution < -0.4 is 21.7 Å². The second-order valence-corrected chi connectivity index (χ2v) is 7.90. The number of hydrogen-bond donors (Lipinski definition) is 4. The van der Waals surface area contributed by atoms with Crippen molar-refractivity contribution in [3.05, 3.63) is 71.2 Å². The topological polar surface area (TPSA) is 138 Å². The summed E-state index contributed by atoms with van der Waals surface area (Å²) in [6, 6.07) is 14.0. The first-order valence-corrected chi connectivity index (χ1v) is 10.8. The lowest BCUT2D eigenvalue weighted by atomic mass is 10.1. The SMILES string of the molecule is CC(C)NC(=O)Nc1cccc(C(=O)NCCCc2nn(-c3ccc(F)cc3)c(N)c2C#N)c1. The Kier molecular flexibility index (Phi) is 7.82. The van der Waals surface area contributed by atoms with Crippen molar-refractivity contribution in [2.75, 3.05) is 17.6 Å². The lowest BCUT2D eigenvalue weighted by molar-refractivity contribution is 0.0953. The van der Waals surface area contributed by atoms with Crippen molar-refractivity contribution in [3.8, 4) is 11.8 Å². The Morgan fingerprint density at radius 2 is 1.94 bits per heavy atom. The van der Waals surface area contributed by atoms with Crippen molar-refractivity contribution >= 4 is 23.4 Å². The molecule has 0 bridgehead atoms. The Bertz CT molecular complexity index is 1210. The van der Waals surface area contributed by atoms with Crippen LogP contribution >= 0.6 is 0 Å². The highest BCUT2D eigenvalue weighted by Crippen LogP contribution is 2.21. The molecule has 176 valence electrons. The van der Waals surface area contributed by atoms with Gasteiger partial charge in [0.05, 0.1) is 11.4 Å². The van der Waals surface area contributed by atoms with Crippen LogP contribution in [0.25, 0.3) is 5.69 Å². The van der Waals surface area contributed by atoms with E-state index in [4.69, 9.17) is 5.73 Å². The molecule has 1 heterocycles. The van der Waals surface area contributed by atoms with Gasteiger partial charge in [-0.25, -0.2) is 13.9 Å². The maximum Gasteiger partial charge on any atom is 0.319 e. The van der Waals surface area contributed by atoms with Crippen molar-refractivity contribution in [1.29, 1.82) is 5.26 Å². The number of nitrogens with one attached hydrogen (secondary N) is 3. The Morgan fingerprint density at radius 3 is 2.62 bits per heavy atom. The number of urea groups is 1. The molecule has 2 aromatic carbocycles. The van der Waals surface area contributed by atoms with E-state index in [0.29, 0.717) is 42.0 Å². The van der Waals surface area contributed by atoms with Gasteiger partial charge in [0.2, 0.25) is 0 Å². The fourth-order valence-corrected chi connectivity index (χ4v) is 3.28. The number of carbonyl (C=O) groups is 2. The zero-order chi connectivity index (χ0) is 24.7. The van der Waals surface area contributed by atoms with Crippen LogP contribution in [0, 0.1) is 17.1 Å². The van der Waals surface area contributed by atoms with Crippen LogP contribution in [0.2, 0.25) is 0 Å². The van der Waals surface area contributed by atoms with Gasteiger partial charge in [-0.1, -0.05) is 6.07 Å². The number of anilines is 2. The quantitative estimate of drug-likeness (QED) is 0.380. The van der Waals surface area contributed by atoms with Gasteiger partial charge >= 0.3 is 6.03 Å². The third kappa shape index (κ3) is 6.10. The molecule has 0 aliphatic rings. The predicted octanol–water partition coefficient (Wildman–Crippen LogP) is 3.36. The molecule has 0 unspecified atom stereocenters. The minimum atomic E-state index is -0.383. The van der Waals surface area contributed by atoms with Crippen molar-refractivity contribution in [2.45, 2.75) is 32.7 Å². The summed E-state index contributed by atoms with van der Waals surface area (Å²) in [5, 5.41) is 22.1. The van der Waals surface area contributed by atoms with Crippen molar-refractivity contribution in [1.82, 2.24) is 20.4 Å². The molecular formula is C24H26FN7O2. The minimum absolute atomic E-state index is 0.00883. The number of rotatable bonds is 8. The molecule has 1 aromatic heterocycles. The fraction of sp³-hybridized carbons (Fsp3) is 0.250. The highest BCUT2D eigenvalue weighted by Gasteiger charge is 2.16. The van der Waals surface area contributed by atoms with Crippen LogP contribution in [0.5, 0.6) is 0 Å². The molecule has 0 radical (unpaired) electrons. The van der Waals surface area contributed by atoms with Crippen molar-refractivity contribution in [2.24, 2.45) is 0 Å². The monoisotopic (exact) mass is 463 g/mol. The molecule has 0 aliphatic carbocycles. The smallest absolute Gasteiger partial charge is 0.319 e. The van der Waals surface area contributed by atoms with E-state index in [1.54, 1.807) is 24.3 Å². The normalized spacial score (nSPS) is 10.6. The largest absolute Gasteiger partial charge is 0.382 e. The number of nitrogens with two attached hydrogens (primary N) is 1. The summed E-state index contributed by atoms with van der Waals surface area (Å²) in [5.74, 6) is -0.491. The third-order valence-electron chi connectivity index (χ3n) is 4.85. The van der Waals surface area contributed by atoms with Crippen LogP contribution in [0.15, 0.2) is 48.5 Å².